The Morgan fingerprint density at radius 3 is 2.80 bits per heavy atom. The van der Waals surface area contributed by atoms with Crippen LogP contribution in [0, 0.1) is 10.1 Å². The summed E-state index contributed by atoms with van der Waals surface area (Å²) in [7, 11) is 1.42. The molecule has 2 rings (SSSR count). The Hall–Kier alpha value is -2.68. The van der Waals surface area contributed by atoms with Crippen molar-refractivity contribution in [3.8, 4) is 16.7 Å². The molecule has 1 N–H and O–H groups in total. The lowest BCUT2D eigenvalue weighted by molar-refractivity contribution is -0.380. The van der Waals surface area contributed by atoms with Gasteiger partial charge in [0.05, 0.1) is 12.0 Å². The van der Waals surface area contributed by atoms with Gasteiger partial charge in [-0.3, -0.25) is 10.1 Å². The third-order valence-electron chi connectivity index (χ3n) is 2.27. The van der Waals surface area contributed by atoms with E-state index in [1.807, 2.05) is 0 Å². The maximum absolute atomic E-state index is 11.1. The molecular formula is C11H8N2O6S. The van der Waals surface area contributed by atoms with Crippen molar-refractivity contribution in [3.63, 3.8) is 0 Å². The molecule has 0 atom stereocenters. The highest BCUT2D eigenvalue weighted by atomic mass is 32.1. The Bertz CT molecular complexity index is 669. The van der Waals surface area contributed by atoms with Crippen LogP contribution in [0.5, 0.6) is 16.7 Å². The van der Waals surface area contributed by atoms with Crippen LogP contribution in [0.2, 0.25) is 0 Å². The number of aromatic nitrogens is 1. The van der Waals surface area contributed by atoms with Gasteiger partial charge >= 0.3 is 11.0 Å². The predicted molar refractivity (Wildman–Crippen MR) is 68.8 cm³/mol. The van der Waals surface area contributed by atoms with E-state index in [2.05, 4.69) is 4.98 Å². The highest BCUT2D eigenvalue weighted by Gasteiger charge is 2.17. The first-order valence-electron chi connectivity index (χ1n) is 5.20. The number of benzene rings is 1. The first-order valence-corrected chi connectivity index (χ1v) is 6.02. The van der Waals surface area contributed by atoms with Crippen LogP contribution in [0.1, 0.15) is 10.4 Å². The lowest BCUT2D eigenvalue weighted by atomic mass is 10.2. The van der Waals surface area contributed by atoms with Crippen molar-refractivity contribution in [3.05, 3.63) is 40.1 Å². The number of ether oxygens (including phenoxy) is 2. The van der Waals surface area contributed by atoms with Gasteiger partial charge in [0, 0.05) is 6.07 Å². The predicted octanol–water partition coefficient (Wildman–Crippen LogP) is 2.55. The van der Waals surface area contributed by atoms with Crippen molar-refractivity contribution in [1.82, 2.24) is 4.98 Å². The summed E-state index contributed by atoms with van der Waals surface area (Å²) in [6, 6.07) is 4.16. The Labute approximate surface area is 116 Å². The maximum Gasteiger partial charge on any atom is 0.347 e. The van der Waals surface area contributed by atoms with E-state index in [0.29, 0.717) is 17.1 Å². The number of nitrogens with zero attached hydrogens (tertiary/aromatic N) is 2. The molecule has 0 spiro atoms. The standard InChI is InChI=1S/C11H8N2O6S/c1-18-6-2-3-7(10(14)15)8(4-6)19-11-12-5-9(20-11)13(16)17/h2-5H,1H3,(H,14,15). The van der Waals surface area contributed by atoms with Crippen molar-refractivity contribution >= 4 is 22.3 Å². The summed E-state index contributed by atoms with van der Waals surface area (Å²) >= 11 is 0.704. The molecule has 0 amide bonds. The second-order valence-corrected chi connectivity index (χ2v) is 4.46. The molecule has 0 saturated carbocycles. The summed E-state index contributed by atoms with van der Waals surface area (Å²) in [4.78, 5) is 24.7. The van der Waals surface area contributed by atoms with Gasteiger partial charge in [0.1, 0.15) is 23.3 Å². The third kappa shape index (κ3) is 2.83. The number of thiazole rings is 1. The SMILES string of the molecule is COc1ccc(C(=O)O)c(Oc2ncc([N+](=O)[O-])s2)c1. The van der Waals surface area contributed by atoms with Gasteiger partial charge < -0.3 is 14.6 Å². The Kier molecular flexibility index (Phi) is 3.80. The molecule has 0 bridgehead atoms. The first kappa shape index (κ1) is 13.7. The van der Waals surface area contributed by atoms with Crippen molar-refractivity contribution in [2.24, 2.45) is 0 Å². The molecule has 2 aromatic rings. The number of hydrogen-bond donors (Lipinski definition) is 1. The minimum Gasteiger partial charge on any atom is -0.497 e. The van der Waals surface area contributed by atoms with Gasteiger partial charge in [0.25, 0.3) is 5.19 Å². The lowest BCUT2D eigenvalue weighted by Gasteiger charge is -2.07. The molecule has 1 aromatic carbocycles. The van der Waals surface area contributed by atoms with Crippen LogP contribution >= 0.6 is 11.3 Å². The number of hydrogen-bond acceptors (Lipinski definition) is 7. The van der Waals surface area contributed by atoms with Crippen LogP contribution in [0.3, 0.4) is 0 Å². The van der Waals surface area contributed by atoms with Crippen LogP contribution in [-0.2, 0) is 0 Å². The van der Waals surface area contributed by atoms with Crippen molar-refractivity contribution in [2.45, 2.75) is 0 Å². The normalized spacial score (nSPS) is 10.1. The zero-order chi connectivity index (χ0) is 14.7. The fourth-order valence-electron chi connectivity index (χ4n) is 1.37. The van der Waals surface area contributed by atoms with Gasteiger partial charge in [0.2, 0.25) is 0 Å². The summed E-state index contributed by atoms with van der Waals surface area (Å²) in [5, 5.41) is 19.4. The van der Waals surface area contributed by atoms with Crippen LogP contribution in [0.15, 0.2) is 24.4 Å². The van der Waals surface area contributed by atoms with Gasteiger partial charge in [-0.05, 0) is 23.5 Å². The van der Waals surface area contributed by atoms with Gasteiger partial charge in [-0.15, -0.1) is 0 Å². The van der Waals surface area contributed by atoms with Gasteiger partial charge in [0.15, 0.2) is 0 Å². The Morgan fingerprint density at radius 2 is 2.25 bits per heavy atom. The van der Waals surface area contributed by atoms with E-state index in [9.17, 15) is 14.9 Å². The van der Waals surface area contributed by atoms with Crippen LogP contribution < -0.4 is 9.47 Å². The third-order valence-corrected chi connectivity index (χ3v) is 3.10. The van der Waals surface area contributed by atoms with E-state index >= 15 is 0 Å². The molecule has 0 aliphatic heterocycles. The maximum atomic E-state index is 11.1. The van der Waals surface area contributed by atoms with Gasteiger partial charge in [-0.2, -0.15) is 0 Å². The summed E-state index contributed by atoms with van der Waals surface area (Å²) in [5.41, 5.74) is -0.0938. The number of carbonyl (C=O) groups is 1. The fourth-order valence-corrected chi connectivity index (χ4v) is 1.96. The largest absolute Gasteiger partial charge is 0.497 e. The quantitative estimate of drug-likeness (QED) is 0.666. The first-order chi connectivity index (χ1) is 9.51. The monoisotopic (exact) mass is 296 g/mol. The Balaban J connectivity index is 2.35. The minimum absolute atomic E-state index is 0.00102. The highest BCUT2D eigenvalue weighted by molar-refractivity contribution is 7.16. The molecule has 0 fully saturated rings. The Morgan fingerprint density at radius 1 is 1.50 bits per heavy atom. The molecule has 9 heteroatoms. The number of carboxylic acid groups (broad SMARTS) is 1. The molecule has 1 aromatic heterocycles. The number of carboxylic acids is 1. The molecule has 0 aliphatic rings. The average Bonchev–Trinajstić information content (AvgIpc) is 2.87. The molecule has 20 heavy (non-hydrogen) atoms. The molecule has 1 heterocycles. The van der Waals surface area contributed by atoms with E-state index in [-0.39, 0.29) is 21.5 Å². The number of rotatable bonds is 5. The van der Waals surface area contributed by atoms with E-state index in [1.165, 1.54) is 25.3 Å². The lowest BCUT2D eigenvalue weighted by Crippen LogP contribution is -2.00. The zero-order valence-electron chi connectivity index (χ0n) is 10.1. The number of nitro groups is 1. The van der Waals surface area contributed by atoms with Crippen LogP contribution in [0.4, 0.5) is 5.00 Å². The van der Waals surface area contributed by atoms with E-state index in [1.54, 1.807) is 0 Å². The summed E-state index contributed by atoms with van der Waals surface area (Å²) in [6.07, 6.45) is 1.04. The molecule has 0 saturated heterocycles. The summed E-state index contributed by atoms with van der Waals surface area (Å²) < 4.78 is 10.3. The van der Waals surface area contributed by atoms with Gasteiger partial charge in [-0.25, -0.2) is 9.78 Å². The molecule has 0 aliphatic carbocycles. The van der Waals surface area contributed by atoms with Crippen LogP contribution in [0.25, 0.3) is 0 Å². The van der Waals surface area contributed by atoms with Gasteiger partial charge in [-0.1, -0.05) is 0 Å². The van der Waals surface area contributed by atoms with Crippen molar-refractivity contribution in [2.75, 3.05) is 7.11 Å². The topological polar surface area (TPSA) is 112 Å². The number of methoxy groups -OCH3 is 1. The van der Waals surface area contributed by atoms with E-state index < -0.39 is 10.9 Å². The van der Waals surface area contributed by atoms with Crippen molar-refractivity contribution < 1.29 is 24.3 Å². The zero-order valence-corrected chi connectivity index (χ0v) is 10.9. The fraction of sp³-hybridized carbons (Fsp3) is 0.0909. The second-order valence-electron chi connectivity index (χ2n) is 3.49. The van der Waals surface area contributed by atoms with E-state index in [4.69, 9.17) is 14.6 Å². The van der Waals surface area contributed by atoms with Crippen molar-refractivity contribution in [1.29, 1.82) is 0 Å². The summed E-state index contributed by atoms with van der Waals surface area (Å²) in [5.74, 6) is -0.786. The van der Waals surface area contributed by atoms with Crippen LogP contribution in [-0.4, -0.2) is 28.1 Å². The highest BCUT2D eigenvalue weighted by Crippen LogP contribution is 2.34. The molecule has 8 nitrogen and oxygen atoms in total. The molecule has 104 valence electrons. The average molecular weight is 296 g/mol. The summed E-state index contributed by atoms with van der Waals surface area (Å²) in [6.45, 7) is 0. The second kappa shape index (κ2) is 5.53. The minimum atomic E-state index is -1.19. The molecule has 0 radical (unpaired) electrons. The van der Waals surface area contributed by atoms with E-state index in [0.717, 1.165) is 6.20 Å². The molecule has 0 unspecified atom stereocenters. The smallest absolute Gasteiger partial charge is 0.347 e. The molecular weight excluding hydrogens is 288 g/mol. The number of aromatic carboxylic acids is 1.